The molecule has 3 nitrogen and oxygen atoms in total. The molecule has 1 rings (SSSR count). The first-order valence-electron chi connectivity index (χ1n) is 6.20. The standard InChI is InChI=1S/C15H21BrO3/c1-6-7-8-10(2)11-9-12(16)14(18-4)15(19-5)13(11)17-3/h6-7,9-10H,8H2,1-5H3/b7-6-. The Bertz CT molecular complexity index is 455. The third kappa shape index (κ3) is 3.44. The summed E-state index contributed by atoms with van der Waals surface area (Å²) in [5.74, 6) is 2.35. The van der Waals surface area contributed by atoms with Gasteiger partial charge in [-0.3, -0.25) is 0 Å². The summed E-state index contributed by atoms with van der Waals surface area (Å²) in [4.78, 5) is 0. The maximum Gasteiger partial charge on any atom is 0.204 e. The second-order valence-electron chi connectivity index (χ2n) is 4.25. The van der Waals surface area contributed by atoms with Crippen molar-refractivity contribution in [2.45, 2.75) is 26.2 Å². The Balaban J connectivity index is 3.35. The Hall–Kier alpha value is -1.16. The largest absolute Gasteiger partial charge is 0.492 e. The van der Waals surface area contributed by atoms with Crippen LogP contribution in [0.5, 0.6) is 17.2 Å². The van der Waals surface area contributed by atoms with E-state index in [-0.39, 0.29) is 0 Å². The number of rotatable bonds is 6. The van der Waals surface area contributed by atoms with Gasteiger partial charge in [0.25, 0.3) is 0 Å². The summed E-state index contributed by atoms with van der Waals surface area (Å²) in [5, 5.41) is 0. The molecule has 0 aliphatic rings. The molecule has 19 heavy (non-hydrogen) atoms. The van der Waals surface area contributed by atoms with Crippen molar-refractivity contribution in [1.29, 1.82) is 0 Å². The molecule has 0 aromatic heterocycles. The molecular weight excluding hydrogens is 308 g/mol. The number of halogens is 1. The topological polar surface area (TPSA) is 27.7 Å². The average molecular weight is 329 g/mol. The van der Waals surface area contributed by atoms with Crippen LogP contribution in [0.3, 0.4) is 0 Å². The summed E-state index contributed by atoms with van der Waals surface area (Å²) < 4.78 is 17.2. The summed E-state index contributed by atoms with van der Waals surface area (Å²) >= 11 is 3.52. The van der Waals surface area contributed by atoms with Gasteiger partial charge in [-0.05, 0) is 41.3 Å². The molecule has 0 aliphatic carbocycles. The van der Waals surface area contributed by atoms with Crippen LogP contribution in [-0.2, 0) is 0 Å². The molecule has 1 aromatic carbocycles. The summed E-state index contributed by atoms with van der Waals surface area (Å²) in [6, 6.07) is 2.04. The van der Waals surface area contributed by atoms with E-state index in [0.717, 1.165) is 22.2 Å². The smallest absolute Gasteiger partial charge is 0.204 e. The molecule has 0 aliphatic heterocycles. The number of methoxy groups -OCH3 is 3. The monoisotopic (exact) mass is 328 g/mol. The molecule has 0 spiro atoms. The summed E-state index contributed by atoms with van der Waals surface area (Å²) in [6.45, 7) is 4.19. The number of allylic oxidation sites excluding steroid dienone is 2. The van der Waals surface area contributed by atoms with Gasteiger partial charge in [0.2, 0.25) is 5.75 Å². The van der Waals surface area contributed by atoms with E-state index in [1.54, 1.807) is 21.3 Å². The highest BCUT2D eigenvalue weighted by Gasteiger charge is 2.22. The number of benzene rings is 1. The Morgan fingerprint density at radius 2 is 1.68 bits per heavy atom. The van der Waals surface area contributed by atoms with Crippen molar-refractivity contribution in [2.24, 2.45) is 0 Å². The van der Waals surface area contributed by atoms with Crippen molar-refractivity contribution in [1.82, 2.24) is 0 Å². The van der Waals surface area contributed by atoms with E-state index in [1.165, 1.54) is 0 Å². The minimum atomic E-state index is 0.335. The van der Waals surface area contributed by atoms with Gasteiger partial charge in [0.05, 0.1) is 25.8 Å². The molecule has 0 saturated carbocycles. The van der Waals surface area contributed by atoms with Gasteiger partial charge in [0, 0.05) is 5.56 Å². The van der Waals surface area contributed by atoms with Crippen molar-refractivity contribution < 1.29 is 14.2 Å². The lowest BCUT2D eigenvalue weighted by molar-refractivity contribution is 0.319. The van der Waals surface area contributed by atoms with Gasteiger partial charge < -0.3 is 14.2 Å². The molecule has 106 valence electrons. The van der Waals surface area contributed by atoms with Crippen molar-refractivity contribution in [3.63, 3.8) is 0 Å². The maximum absolute atomic E-state index is 5.52. The fourth-order valence-corrected chi connectivity index (χ4v) is 2.62. The molecule has 0 N–H and O–H groups in total. The zero-order valence-electron chi connectivity index (χ0n) is 12.1. The molecule has 0 saturated heterocycles. The molecule has 1 atom stereocenters. The lowest BCUT2D eigenvalue weighted by atomic mass is 9.96. The van der Waals surface area contributed by atoms with Crippen LogP contribution in [0.15, 0.2) is 22.7 Å². The number of ether oxygens (including phenoxy) is 3. The van der Waals surface area contributed by atoms with Gasteiger partial charge >= 0.3 is 0 Å². The maximum atomic E-state index is 5.52. The normalized spacial score (nSPS) is 12.5. The Labute approximate surface area is 123 Å². The van der Waals surface area contributed by atoms with E-state index in [2.05, 4.69) is 35.0 Å². The van der Waals surface area contributed by atoms with Crippen LogP contribution in [-0.4, -0.2) is 21.3 Å². The first-order valence-corrected chi connectivity index (χ1v) is 6.99. The summed E-state index contributed by atoms with van der Waals surface area (Å²) in [5.41, 5.74) is 1.10. The molecule has 0 bridgehead atoms. The van der Waals surface area contributed by atoms with Gasteiger partial charge in [-0.15, -0.1) is 0 Å². The fraction of sp³-hybridized carbons (Fsp3) is 0.467. The van der Waals surface area contributed by atoms with Crippen molar-refractivity contribution >= 4 is 15.9 Å². The van der Waals surface area contributed by atoms with E-state index < -0.39 is 0 Å². The van der Waals surface area contributed by atoms with Gasteiger partial charge in [0.1, 0.15) is 0 Å². The molecule has 0 fully saturated rings. The SMILES string of the molecule is C/C=C\CC(C)c1cc(Br)c(OC)c(OC)c1OC. The van der Waals surface area contributed by atoms with Gasteiger partial charge in [-0.1, -0.05) is 19.1 Å². The zero-order chi connectivity index (χ0) is 14.4. The summed E-state index contributed by atoms with van der Waals surface area (Å²) in [7, 11) is 4.88. The Morgan fingerprint density at radius 1 is 1.11 bits per heavy atom. The predicted molar refractivity (Wildman–Crippen MR) is 81.6 cm³/mol. The highest BCUT2D eigenvalue weighted by atomic mass is 79.9. The quantitative estimate of drug-likeness (QED) is 0.717. The molecule has 1 aromatic rings. The fourth-order valence-electron chi connectivity index (χ4n) is 2.03. The molecule has 4 heteroatoms. The number of hydrogen-bond donors (Lipinski definition) is 0. The second kappa shape index (κ2) is 7.43. The summed E-state index contributed by atoms with van der Waals surface area (Å²) in [6.07, 6.45) is 5.16. The minimum Gasteiger partial charge on any atom is -0.492 e. The van der Waals surface area contributed by atoms with E-state index in [9.17, 15) is 0 Å². The van der Waals surface area contributed by atoms with E-state index in [0.29, 0.717) is 17.4 Å². The minimum absolute atomic E-state index is 0.335. The van der Waals surface area contributed by atoms with Crippen LogP contribution in [0.4, 0.5) is 0 Å². The lowest BCUT2D eigenvalue weighted by Crippen LogP contribution is -2.02. The van der Waals surface area contributed by atoms with Crippen molar-refractivity contribution in [3.8, 4) is 17.2 Å². The molecule has 0 radical (unpaired) electrons. The molecule has 1 unspecified atom stereocenters. The van der Waals surface area contributed by atoms with E-state index in [4.69, 9.17) is 14.2 Å². The average Bonchev–Trinajstić information content (AvgIpc) is 2.43. The van der Waals surface area contributed by atoms with Gasteiger partial charge in [-0.25, -0.2) is 0 Å². The Morgan fingerprint density at radius 3 is 2.16 bits per heavy atom. The third-order valence-electron chi connectivity index (χ3n) is 3.04. The highest BCUT2D eigenvalue weighted by Crippen LogP contribution is 2.47. The molecule has 0 amide bonds. The predicted octanol–water partition coefficient (Wildman–Crippen LogP) is 4.54. The van der Waals surface area contributed by atoms with Crippen LogP contribution < -0.4 is 14.2 Å². The Kier molecular flexibility index (Phi) is 6.22. The number of hydrogen-bond acceptors (Lipinski definition) is 3. The second-order valence-corrected chi connectivity index (χ2v) is 5.11. The first-order chi connectivity index (χ1) is 9.10. The lowest BCUT2D eigenvalue weighted by Gasteiger charge is -2.20. The first kappa shape index (κ1) is 15.9. The van der Waals surface area contributed by atoms with Gasteiger partial charge in [-0.2, -0.15) is 0 Å². The molecule has 0 heterocycles. The van der Waals surface area contributed by atoms with Crippen LogP contribution in [0.25, 0.3) is 0 Å². The zero-order valence-corrected chi connectivity index (χ0v) is 13.7. The van der Waals surface area contributed by atoms with Crippen LogP contribution >= 0.6 is 15.9 Å². The van der Waals surface area contributed by atoms with Crippen LogP contribution in [0.2, 0.25) is 0 Å². The van der Waals surface area contributed by atoms with Crippen molar-refractivity contribution in [2.75, 3.05) is 21.3 Å². The van der Waals surface area contributed by atoms with E-state index >= 15 is 0 Å². The molecular formula is C15H21BrO3. The third-order valence-corrected chi connectivity index (χ3v) is 3.63. The van der Waals surface area contributed by atoms with Gasteiger partial charge in [0.15, 0.2) is 11.5 Å². The van der Waals surface area contributed by atoms with Crippen LogP contribution in [0, 0.1) is 0 Å². The van der Waals surface area contributed by atoms with Crippen LogP contribution in [0.1, 0.15) is 31.7 Å². The van der Waals surface area contributed by atoms with Crippen molar-refractivity contribution in [3.05, 3.63) is 28.3 Å². The van der Waals surface area contributed by atoms with E-state index in [1.807, 2.05) is 13.0 Å². The highest BCUT2D eigenvalue weighted by molar-refractivity contribution is 9.10.